The van der Waals surface area contributed by atoms with Crippen LogP contribution in [0.4, 0.5) is 0 Å². The molecule has 124 valence electrons. The van der Waals surface area contributed by atoms with Crippen LogP contribution in [-0.2, 0) is 28.0 Å². The van der Waals surface area contributed by atoms with Gasteiger partial charge in [0.05, 0.1) is 0 Å². The van der Waals surface area contributed by atoms with E-state index < -0.39 is 16.3 Å². The zero-order valence-corrected chi connectivity index (χ0v) is 14.6. The molecule has 1 aliphatic rings. The molecule has 1 aliphatic heterocycles. The van der Waals surface area contributed by atoms with Gasteiger partial charge in [-0.1, -0.05) is 20.3 Å². The van der Waals surface area contributed by atoms with E-state index in [0.29, 0.717) is 26.1 Å². The fourth-order valence-corrected chi connectivity index (χ4v) is 4.54. The van der Waals surface area contributed by atoms with E-state index in [2.05, 4.69) is 9.44 Å². The van der Waals surface area contributed by atoms with Crippen LogP contribution in [0.1, 0.15) is 37.1 Å². The Morgan fingerprint density at radius 2 is 2.23 bits per heavy atom. The van der Waals surface area contributed by atoms with E-state index >= 15 is 0 Å². The van der Waals surface area contributed by atoms with Gasteiger partial charge < -0.3 is 4.90 Å². The van der Waals surface area contributed by atoms with E-state index in [0.717, 1.165) is 12.8 Å². The summed E-state index contributed by atoms with van der Waals surface area (Å²) in [4.78, 5) is 15.8. The Morgan fingerprint density at radius 3 is 2.91 bits per heavy atom. The first kappa shape index (κ1) is 17.4. The van der Waals surface area contributed by atoms with Gasteiger partial charge in [-0.05, 0) is 29.9 Å². The molecule has 0 bridgehead atoms. The van der Waals surface area contributed by atoms with E-state index in [1.54, 1.807) is 23.2 Å². The van der Waals surface area contributed by atoms with Gasteiger partial charge in [0.2, 0.25) is 5.91 Å². The molecule has 0 unspecified atom stereocenters. The number of amides is 1. The van der Waals surface area contributed by atoms with E-state index in [1.807, 2.05) is 18.4 Å². The largest absolute Gasteiger partial charge is 0.337 e. The van der Waals surface area contributed by atoms with Gasteiger partial charge in [-0.3, -0.25) is 4.79 Å². The summed E-state index contributed by atoms with van der Waals surface area (Å²) in [7, 11) is -3.63. The molecule has 0 aromatic carbocycles. The molecule has 22 heavy (non-hydrogen) atoms. The van der Waals surface area contributed by atoms with Crippen molar-refractivity contribution in [3.05, 3.63) is 21.9 Å². The quantitative estimate of drug-likeness (QED) is 0.780. The third-order valence-electron chi connectivity index (χ3n) is 3.63. The van der Waals surface area contributed by atoms with Crippen LogP contribution in [0, 0.1) is 0 Å². The van der Waals surface area contributed by atoms with E-state index in [-0.39, 0.29) is 5.91 Å². The Hall–Kier alpha value is -0.960. The van der Waals surface area contributed by atoms with Crippen molar-refractivity contribution >= 4 is 27.5 Å². The fraction of sp³-hybridized carbons (Fsp3) is 0.643. The highest BCUT2D eigenvalue weighted by Gasteiger charge is 2.29. The van der Waals surface area contributed by atoms with Crippen molar-refractivity contribution in [2.75, 3.05) is 13.1 Å². The summed E-state index contributed by atoms with van der Waals surface area (Å²) in [6.07, 6.45) is 2.08. The molecule has 0 radical (unpaired) electrons. The van der Waals surface area contributed by atoms with Crippen molar-refractivity contribution in [1.82, 2.24) is 14.3 Å². The second-order valence-corrected chi connectivity index (χ2v) is 7.87. The van der Waals surface area contributed by atoms with Crippen LogP contribution < -0.4 is 9.44 Å². The van der Waals surface area contributed by atoms with Gasteiger partial charge in [0.25, 0.3) is 10.2 Å². The molecule has 1 aromatic heterocycles. The van der Waals surface area contributed by atoms with Crippen molar-refractivity contribution in [2.24, 2.45) is 0 Å². The normalized spacial score (nSPS) is 16.4. The second kappa shape index (κ2) is 7.54. The van der Waals surface area contributed by atoms with Crippen LogP contribution in [0.3, 0.4) is 0 Å². The third kappa shape index (κ3) is 4.28. The van der Waals surface area contributed by atoms with Crippen LogP contribution in [0.5, 0.6) is 0 Å². The number of carbonyl (C=O) groups is 1. The number of thiophene rings is 1. The standard InChI is InChI=1S/C14H23N3O3S2/c1-3-5-12(16-22(19,20)15-4-2)14(18)17-8-6-13-11(10-17)7-9-21-13/h7,9,12,15-16H,3-6,8,10H2,1-2H3/t12-/m1/s1. The van der Waals surface area contributed by atoms with Crippen LogP contribution >= 0.6 is 11.3 Å². The minimum absolute atomic E-state index is 0.139. The van der Waals surface area contributed by atoms with Crippen molar-refractivity contribution < 1.29 is 13.2 Å². The van der Waals surface area contributed by atoms with Gasteiger partial charge in [0.1, 0.15) is 6.04 Å². The van der Waals surface area contributed by atoms with Gasteiger partial charge >= 0.3 is 0 Å². The molecule has 0 fully saturated rings. The number of nitrogens with one attached hydrogen (secondary N) is 2. The number of carbonyl (C=O) groups excluding carboxylic acids is 1. The summed E-state index contributed by atoms with van der Waals surface area (Å²) in [5.41, 5.74) is 1.18. The topological polar surface area (TPSA) is 78.5 Å². The Balaban J connectivity index is 2.07. The van der Waals surface area contributed by atoms with Crippen molar-refractivity contribution in [1.29, 1.82) is 0 Å². The van der Waals surface area contributed by atoms with Crippen LogP contribution in [0.2, 0.25) is 0 Å². The maximum Gasteiger partial charge on any atom is 0.277 e. The highest BCUT2D eigenvalue weighted by molar-refractivity contribution is 7.87. The van der Waals surface area contributed by atoms with Crippen molar-refractivity contribution in [3.63, 3.8) is 0 Å². The Bertz CT molecular complexity index is 613. The number of hydrogen-bond acceptors (Lipinski definition) is 4. The number of rotatable bonds is 7. The minimum atomic E-state index is -3.63. The van der Waals surface area contributed by atoms with Gasteiger partial charge in [0.15, 0.2) is 0 Å². The highest BCUT2D eigenvalue weighted by Crippen LogP contribution is 2.24. The number of hydrogen-bond donors (Lipinski definition) is 2. The highest BCUT2D eigenvalue weighted by atomic mass is 32.2. The lowest BCUT2D eigenvalue weighted by atomic mass is 10.1. The summed E-state index contributed by atoms with van der Waals surface area (Å²) >= 11 is 1.71. The summed E-state index contributed by atoms with van der Waals surface area (Å²) in [5.74, 6) is -0.139. The molecule has 0 saturated carbocycles. The molecular formula is C14H23N3O3S2. The van der Waals surface area contributed by atoms with Crippen LogP contribution in [0.15, 0.2) is 11.4 Å². The molecule has 0 saturated heterocycles. The van der Waals surface area contributed by atoms with Gasteiger partial charge in [-0.25, -0.2) is 4.72 Å². The van der Waals surface area contributed by atoms with Crippen molar-refractivity contribution in [2.45, 2.75) is 45.7 Å². The van der Waals surface area contributed by atoms with E-state index in [4.69, 9.17) is 0 Å². The molecule has 6 nitrogen and oxygen atoms in total. The molecule has 1 atom stereocenters. The third-order valence-corrected chi connectivity index (χ3v) is 5.91. The molecule has 1 aromatic rings. The first-order valence-electron chi connectivity index (χ1n) is 7.57. The zero-order valence-electron chi connectivity index (χ0n) is 13.0. The monoisotopic (exact) mass is 345 g/mol. The maximum atomic E-state index is 12.7. The molecular weight excluding hydrogens is 322 g/mol. The summed E-state index contributed by atoms with van der Waals surface area (Å²) in [5, 5.41) is 2.04. The van der Waals surface area contributed by atoms with Crippen LogP contribution in [0.25, 0.3) is 0 Å². The minimum Gasteiger partial charge on any atom is -0.337 e. The summed E-state index contributed by atoms with van der Waals surface area (Å²) < 4.78 is 28.6. The first-order valence-corrected chi connectivity index (χ1v) is 9.94. The van der Waals surface area contributed by atoms with E-state index in [1.165, 1.54) is 10.4 Å². The van der Waals surface area contributed by atoms with E-state index in [9.17, 15) is 13.2 Å². The lowest BCUT2D eigenvalue weighted by Gasteiger charge is -2.30. The second-order valence-electron chi connectivity index (χ2n) is 5.34. The smallest absolute Gasteiger partial charge is 0.277 e. The average Bonchev–Trinajstić information content (AvgIpc) is 2.93. The molecule has 2 N–H and O–H groups in total. The first-order chi connectivity index (χ1) is 10.5. The lowest BCUT2D eigenvalue weighted by Crippen LogP contribution is -2.52. The van der Waals surface area contributed by atoms with Gasteiger partial charge in [-0.2, -0.15) is 13.1 Å². The van der Waals surface area contributed by atoms with Crippen molar-refractivity contribution in [3.8, 4) is 0 Å². The maximum absolute atomic E-state index is 12.7. The molecule has 8 heteroatoms. The number of fused-ring (bicyclic) bond motifs is 1. The van der Waals surface area contributed by atoms with Crippen LogP contribution in [-0.4, -0.2) is 38.4 Å². The Morgan fingerprint density at radius 1 is 1.45 bits per heavy atom. The van der Waals surface area contributed by atoms with Gasteiger partial charge in [0, 0.05) is 24.5 Å². The Kier molecular flexibility index (Phi) is 5.96. The molecule has 1 amide bonds. The molecule has 0 spiro atoms. The number of nitrogens with zero attached hydrogens (tertiary/aromatic N) is 1. The lowest BCUT2D eigenvalue weighted by molar-refractivity contribution is -0.134. The predicted octanol–water partition coefficient (Wildman–Crippen LogP) is 1.25. The molecule has 0 aliphatic carbocycles. The molecule has 2 rings (SSSR count). The SMILES string of the molecule is CCC[C@@H](NS(=O)(=O)NCC)C(=O)N1CCc2sccc2C1. The van der Waals surface area contributed by atoms with Gasteiger partial charge in [-0.15, -0.1) is 11.3 Å². The summed E-state index contributed by atoms with van der Waals surface area (Å²) in [6, 6.07) is 1.34. The molecule has 2 heterocycles. The average molecular weight is 345 g/mol. The Labute approximate surface area is 136 Å². The summed E-state index contributed by atoms with van der Waals surface area (Å²) in [6.45, 7) is 5.16. The zero-order chi connectivity index (χ0) is 16.2. The predicted molar refractivity (Wildman–Crippen MR) is 87.9 cm³/mol. The fourth-order valence-electron chi connectivity index (χ4n) is 2.60.